The van der Waals surface area contributed by atoms with Crippen LogP contribution in [-0.2, 0) is 14.9 Å². The molecule has 1 aromatic carbocycles. The van der Waals surface area contributed by atoms with Crippen LogP contribution in [0.3, 0.4) is 0 Å². The summed E-state index contributed by atoms with van der Waals surface area (Å²) in [6.07, 6.45) is 4.75. The van der Waals surface area contributed by atoms with Crippen molar-refractivity contribution in [2.45, 2.75) is 24.2 Å². The van der Waals surface area contributed by atoms with Gasteiger partial charge >= 0.3 is 35.5 Å². The summed E-state index contributed by atoms with van der Waals surface area (Å²) < 4.78 is 89.6. The van der Waals surface area contributed by atoms with E-state index in [1.165, 1.54) is 0 Å². The number of terminal acetylenes is 1. The predicted octanol–water partition coefficient (Wildman–Crippen LogP) is -1.14. The Morgan fingerprint density at radius 3 is 2.00 bits per heavy atom. The minimum Gasteiger partial charge on any atom is -0.744 e. The molecule has 0 fully saturated rings. The number of benzene rings is 1. The van der Waals surface area contributed by atoms with Crippen molar-refractivity contribution in [2.75, 3.05) is 0 Å². The number of esters is 1. The average Bonchev–Trinajstić information content (AvgIpc) is 2.40. The largest absolute Gasteiger partial charge is 1.00 e. The Morgan fingerprint density at radius 2 is 1.61 bits per heavy atom. The summed E-state index contributed by atoms with van der Waals surface area (Å²) >= 11 is 0. The van der Waals surface area contributed by atoms with E-state index in [0.717, 1.165) is 0 Å². The number of ether oxygens (including phenoxy) is 1. The van der Waals surface area contributed by atoms with Crippen LogP contribution in [0, 0.1) is 35.6 Å². The van der Waals surface area contributed by atoms with E-state index in [9.17, 15) is 35.3 Å². The van der Waals surface area contributed by atoms with Crippen molar-refractivity contribution in [2.24, 2.45) is 0 Å². The first kappa shape index (κ1) is 21.9. The van der Waals surface area contributed by atoms with E-state index in [-0.39, 0.29) is 42.4 Å². The molecule has 0 aliphatic rings. The van der Waals surface area contributed by atoms with Crippen molar-refractivity contribution in [1.29, 1.82) is 0 Å². The number of halogens is 4. The molecule has 0 aromatic heterocycles. The molecule has 120 valence electrons. The fraction of sp³-hybridized carbons (Fsp3) is 0.250. The average molecular weight is 362 g/mol. The molecule has 0 spiro atoms. The van der Waals surface area contributed by atoms with Gasteiger partial charge in [-0.25, -0.2) is 17.2 Å². The summed E-state index contributed by atoms with van der Waals surface area (Å²) in [6, 6.07) is 0. The Labute approximate surface area is 151 Å². The van der Waals surface area contributed by atoms with Crippen molar-refractivity contribution in [3.63, 3.8) is 0 Å². The number of hydrogen-bond donors (Lipinski definition) is 0. The van der Waals surface area contributed by atoms with Crippen LogP contribution in [0.15, 0.2) is 4.90 Å². The smallest absolute Gasteiger partial charge is 0.744 e. The zero-order valence-electron chi connectivity index (χ0n) is 11.7. The van der Waals surface area contributed by atoms with E-state index in [2.05, 4.69) is 10.7 Å². The Bertz CT molecular complexity index is 729. The summed E-state index contributed by atoms with van der Waals surface area (Å²) in [5, 5.41) is 0. The normalized spacial score (nSPS) is 10.6. The predicted molar refractivity (Wildman–Crippen MR) is 62.6 cm³/mol. The van der Waals surface area contributed by atoms with Crippen LogP contribution in [0.1, 0.15) is 19.3 Å². The molecule has 0 aliphatic carbocycles. The van der Waals surface area contributed by atoms with Gasteiger partial charge in [0.1, 0.15) is 15.0 Å². The summed E-state index contributed by atoms with van der Waals surface area (Å²) in [5.74, 6) is -10.4. The van der Waals surface area contributed by atoms with Crippen molar-refractivity contribution in [3.05, 3.63) is 23.3 Å². The van der Waals surface area contributed by atoms with Crippen LogP contribution in [0.4, 0.5) is 17.6 Å². The van der Waals surface area contributed by atoms with E-state index in [0.29, 0.717) is 0 Å². The van der Waals surface area contributed by atoms with E-state index >= 15 is 0 Å². The maximum Gasteiger partial charge on any atom is 1.00 e. The summed E-state index contributed by atoms with van der Waals surface area (Å²) in [7, 11) is -5.81. The van der Waals surface area contributed by atoms with Gasteiger partial charge in [0.05, 0.1) is 0 Å². The molecule has 0 saturated heterocycles. The number of carbonyl (C=O) groups is 1. The number of carbonyl (C=O) groups excluding carboxylic acids is 1. The second-order valence-corrected chi connectivity index (χ2v) is 5.22. The van der Waals surface area contributed by atoms with Crippen molar-refractivity contribution < 1.29 is 69.6 Å². The van der Waals surface area contributed by atoms with Crippen LogP contribution < -0.4 is 34.3 Å². The maximum absolute atomic E-state index is 13.5. The summed E-state index contributed by atoms with van der Waals surface area (Å²) in [4.78, 5) is 8.92. The third-order valence-corrected chi connectivity index (χ3v) is 3.21. The van der Waals surface area contributed by atoms with E-state index in [1.54, 1.807) is 0 Å². The number of rotatable bonds is 5. The third-order valence-electron chi connectivity index (χ3n) is 2.35. The van der Waals surface area contributed by atoms with Crippen LogP contribution in [0.25, 0.3) is 0 Å². The Hall–Kier alpha value is -1.12. The van der Waals surface area contributed by atoms with E-state index in [4.69, 9.17) is 6.42 Å². The Kier molecular flexibility index (Phi) is 8.23. The number of unbranched alkanes of at least 4 members (excludes halogenated alkanes) is 1. The van der Waals surface area contributed by atoms with Gasteiger partial charge in [-0.3, -0.25) is 4.79 Å². The van der Waals surface area contributed by atoms with Gasteiger partial charge in [-0.1, -0.05) is 0 Å². The van der Waals surface area contributed by atoms with Crippen molar-refractivity contribution in [3.8, 4) is 18.1 Å². The van der Waals surface area contributed by atoms with Gasteiger partial charge in [0.2, 0.25) is 17.4 Å². The van der Waals surface area contributed by atoms with E-state index < -0.39 is 56.4 Å². The van der Waals surface area contributed by atoms with Gasteiger partial charge in [0.15, 0.2) is 11.6 Å². The Morgan fingerprint density at radius 1 is 1.13 bits per heavy atom. The van der Waals surface area contributed by atoms with Gasteiger partial charge in [0.25, 0.3) is 0 Å². The molecule has 0 saturated carbocycles. The van der Waals surface area contributed by atoms with Gasteiger partial charge < -0.3 is 9.29 Å². The zero-order valence-corrected chi connectivity index (χ0v) is 14.5. The molecule has 11 heteroatoms. The molecule has 5 nitrogen and oxygen atoms in total. The first-order valence-electron chi connectivity index (χ1n) is 5.57. The first-order chi connectivity index (χ1) is 10.1. The standard InChI is InChI=1S/C12H8F4O5S.Na/c1-2-3-4-5-6(17)21-11-7(13)9(15)12(22(18,19)20)10(16)8(11)14;/h1H,3-5H2,(H,18,19,20);/q;+1/p-1. The molecular formula is C12H7F4NaO5S. The molecule has 23 heavy (non-hydrogen) atoms. The fourth-order valence-electron chi connectivity index (χ4n) is 1.40. The Balaban J connectivity index is 0.00000484. The molecule has 0 amide bonds. The topological polar surface area (TPSA) is 83.5 Å². The molecule has 0 unspecified atom stereocenters. The van der Waals surface area contributed by atoms with Gasteiger partial charge in [0, 0.05) is 12.8 Å². The summed E-state index contributed by atoms with van der Waals surface area (Å²) in [5.41, 5.74) is 0. The molecule has 0 heterocycles. The first-order valence-corrected chi connectivity index (χ1v) is 6.98. The van der Waals surface area contributed by atoms with Crippen molar-refractivity contribution >= 4 is 16.1 Å². The van der Waals surface area contributed by atoms with Crippen LogP contribution in [0.5, 0.6) is 5.75 Å². The monoisotopic (exact) mass is 362 g/mol. The second kappa shape index (κ2) is 8.65. The molecule has 0 bridgehead atoms. The molecule has 0 N–H and O–H groups in total. The van der Waals surface area contributed by atoms with Gasteiger partial charge in [-0.2, -0.15) is 8.78 Å². The maximum atomic E-state index is 13.5. The number of hydrogen-bond acceptors (Lipinski definition) is 5. The quantitative estimate of drug-likeness (QED) is 0.0967. The molecule has 0 aliphatic heterocycles. The van der Waals surface area contributed by atoms with Crippen LogP contribution >= 0.6 is 0 Å². The second-order valence-electron chi connectivity index (χ2n) is 3.90. The molecular weight excluding hydrogens is 355 g/mol. The van der Waals surface area contributed by atoms with Crippen molar-refractivity contribution in [1.82, 2.24) is 0 Å². The molecule has 0 atom stereocenters. The minimum atomic E-state index is -5.81. The SMILES string of the molecule is C#CCCCC(=O)Oc1c(F)c(F)c(S(=O)(=O)[O-])c(F)c1F.[Na+]. The van der Waals surface area contributed by atoms with E-state index in [1.807, 2.05) is 0 Å². The zero-order chi connectivity index (χ0) is 17.1. The molecule has 1 rings (SSSR count). The van der Waals surface area contributed by atoms with Crippen LogP contribution in [-0.4, -0.2) is 18.9 Å². The fourth-order valence-corrected chi connectivity index (χ4v) is 2.02. The third kappa shape index (κ3) is 5.19. The molecule has 0 radical (unpaired) electrons. The van der Waals surface area contributed by atoms with Gasteiger partial charge in [-0.15, -0.1) is 12.3 Å². The molecule has 1 aromatic rings. The van der Waals surface area contributed by atoms with Crippen LogP contribution in [0.2, 0.25) is 0 Å². The summed E-state index contributed by atoms with van der Waals surface area (Å²) in [6.45, 7) is 0. The minimum absolute atomic E-state index is 0. The van der Waals surface area contributed by atoms with Gasteiger partial charge in [-0.05, 0) is 6.42 Å².